The molecule has 0 unspecified atom stereocenters. The summed E-state index contributed by atoms with van der Waals surface area (Å²) in [5.41, 5.74) is 1.34. The fraction of sp³-hybridized carbons (Fsp3) is 0.214. The molecule has 0 spiro atoms. The Morgan fingerprint density at radius 2 is 1.95 bits per heavy atom. The molecule has 2 aromatic rings. The molecule has 0 aliphatic heterocycles. The van der Waals surface area contributed by atoms with Crippen LogP contribution in [0.15, 0.2) is 36.4 Å². The van der Waals surface area contributed by atoms with Gasteiger partial charge >= 0.3 is 6.18 Å². The lowest BCUT2D eigenvalue weighted by Crippen LogP contribution is -2.07. The van der Waals surface area contributed by atoms with Gasteiger partial charge in [-0.05, 0) is 36.8 Å². The van der Waals surface area contributed by atoms with Gasteiger partial charge in [-0.25, -0.2) is 4.98 Å². The van der Waals surface area contributed by atoms with Gasteiger partial charge in [0.1, 0.15) is 5.15 Å². The van der Waals surface area contributed by atoms with Crippen LogP contribution in [0.3, 0.4) is 0 Å². The number of hydrogen-bond acceptors (Lipinski definition) is 2. The summed E-state index contributed by atoms with van der Waals surface area (Å²) >= 11 is 5.74. The highest BCUT2D eigenvalue weighted by Crippen LogP contribution is 2.29. The van der Waals surface area contributed by atoms with Crippen molar-refractivity contribution < 1.29 is 13.2 Å². The molecule has 1 aromatic heterocycles. The van der Waals surface area contributed by atoms with Crippen molar-refractivity contribution in [3.05, 3.63) is 58.4 Å². The minimum absolute atomic E-state index is 0.286. The van der Waals surface area contributed by atoms with E-state index in [1.54, 1.807) is 25.1 Å². The standard InChI is InChI=1S/C14H12ClF3N2/c1-9-12(5-6-13(15)20-9)19-8-10-3-2-4-11(7-10)14(16,17)18/h2-7,19H,8H2,1H3. The van der Waals surface area contributed by atoms with Crippen LogP contribution >= 0.6 is 11.6 Å². The lowest BCUT2D eigenvalue weighted by Gasteiger charge is -2.11. The molecular formula is C14H12ClF3N2. The summed E-state index contributed by atoms with van der Waals surface area (Å²) < 4.78 is 37.8. The molecule has 0 amide bonds. The molecule has 20 heavy (non-hydrogen) atoms. The molecule has 0 radical (unpaired) electrons. The lowest BCUT2D eigenvalue weighted by molar-refractivity contribution is -0.137. The zero-order chi connectivity index (χ0) is 14.8. The Bertz CT molecular complexity index is 612. The number of benzene rings is 1. The highest BCUT2D eigenvalue weighted by atomic mass is 35.5. The number of nitrogens with one attached hydrogen (secondary N) is 1. The van der Waals surface area contributed by atoms with Gasteiger partial charge in [-0.15, -0.1) is 0 Å². The molecule has 0 aliphatic carbocycles. The van der Waals surface area contributed by atoms with Crippen LogP contribution in [0.5, 0.6) is 0 Å². The predicted molar refractivity (Wildman–Crippen MR) is 72.8 cm³/mol. The summed E-state index contributed by atoms with van der Waals surface area (Å²) in [4.78, 5) is 4.07. The fourth-order valence-electron chi connectivity index (χ4n) is 1.77. The Hall–Kier alpha value is -1.75. The van der Waals surface area contributed by atoms with Crippen molar-refractivity contribution in [3.8, 4) is 0 Å². The quantitative estimate of drug-likeness (QED) is 0.833. The van der Waals surface area contributed by atoms with E-state index in [9.17, 15) is 13.2 Å². The van der Waals surface area contributed by atoms with E-state index in [0.29, 0.717) is 16.4 Å². The summed E-state index contributed by atoms with van der Waals surface area (Å²) in [7, 11) is 0. The van der Waals surface area contributed by atoms with Crippen molar-refractivity contribution in [1.82, 2.24) is 4.98 Å². The third kappa shape index (κ3) is 3.63. The van der Waals surface area contributed by atoms with E-state index in [4.69, 9.17) is 11.6 Å². The van der Waals surface area contributed by atoms with Gasteiger partial charge in [-0.2, -0.15) is 13.2 Å². The third-order valence-electron chi connectivity index (χ3n) is 2.79. The Labute approximate surface area is 119 Å². The van der Waals surface area contributed by atoms with Gasteiger partial charge in [0, 0.05) is 6.54 Å². The number of nitrogens with zero attached hydrogens (tertiary/aromatic N) is 1. The molecule has 1 N–H and O–H groups in total. The molecule has 2 rings (SSSR count). The Balaban J connectivity index is 2.11. The monoisotopic (exact) mass is 300 g/mol. The van der Waals surface area contributed by atoms with Gasteiger partial charge in [0.15, 0.2) is 0 Å². The molecular weight excluding hydrogens is 289 g/mol. The van der Waals surface area contributed by atoms with Gasteiger partial charge in [0.05, 0.1) is 16.9 Å². The maximum Gasteiger partial charge on any atom is 0.416 e. The Morgan fingerprint density at radius 3 is 2.60 bits per heavy atom. The first kappa shape index (κ1) is 14.7. The molecule has 0 saturated carbocycles. The Morgan fingerprint density at radius 1 is 1.20 bits per heavy atom. The van der Waals surface area contributed by atoms with Gasteiger partial charge in [-0.1, -0.05) is 23.7 Å². The highest BCUT2D eigenvalue weighted by Gasteiger charge is 2.30. The second-order valence-electron chi connectivity index (χ2n) is 4.32. The van der Waals surface area contributed by atoms with Crippen LogP contribution in [0.4, 0.5) is 18.9 Å². The van der Waals surface area contributed by atoms with Gasteiger partial charge in [-0.3, -0.25) is 0 Å². The van der Waals surface area contributed by atoms with E-state index in [2.05, 4.69) is 10.3 Å². The number of alkyl halides is 3. The lowest BCUT2D eigenvalue weighted by atomic mass is 10.1. The summed E-state index contributed by atoms with van der Waals surface area (Å²) in [6.45, 7) is 2.06. The maximum atomic E-state index is 12.6. The zero-order valence-electron chi connectivity index (χ0n) is 10.6. The molecule has 1 aromatic carbocycles. The summed E-state index contributed by atoms with van der Waals surface area (Å²) in [5, 5.41) is 3.43. The topological polar surface area (TPSA) is 24.9 Å². The second kappa shape index (κ2) is 5.71. The van der Waals surface area contributed by atoms with Crippen LogP contribution < -0.4 is 5.32 Å². The molecule has 1 heterocycles. The van der Waals surface area contributed by atoms with E-state index in [-0.39, 0.29) is 6.54 Å². The first-order valence-corrected chi connectivity index (χ1v) is 6.27. The summed E-state index contributed by atoms with van der Waals surface area (Å²) in [6.07, 6.45) is -4.33. The number of aromatic nitrogens is 1. The molecule has 0 fully saturated rings. The van der Waals surface area contributed by atoms with Crippen LogP contribution in [-0.2, 0) is 12.7 Å². The number of hydrogen-bond donors (Lipinski definition) is 1. The predicted octanol–water partition coefficient (Wildman–Crippen LogP) is 4.67. The Kier molecular flexibility index (Phi) is 4.18. The summed E-state index contributed by atoms with van der Waals surface area (Å²) in [6, 6.07) is 8.60. The van der Waals surface area contributed by atoms with Crippen LogP contribution in [0.2, 0.25) is 5.15 Å². The van der Waals surface area contributed by atoms with E-state index < -0.39 is 11.7 Å². The van der Waals surface area contributed by atoms with Crippen LogP contribution in [0, 0.1) is 6.92 Å². The first-order valence-electron chi connectivity index (χ1n) is 5.89. The van der Waals surface area contributed by atoms with Crippen molar-refractivity contribution in [3.63, 3.8) is 0 Å². The second-order valence-corrected chi connectivity index (χ2v) is 4.71. The average molecular weight is 301 g/mol. The van der Waals surface area contributed by atoms with Gasteiger partial charge < -0.3 is 5.32 Å². The molecule has 0 atom stereocenters. The number of anilines is 1. The molecule has 6 heteroatoms. The molecule has 0 aliphatic rings. The SMILES string of the molecule is Cc1nc(Cl)ccc1NCc1cccc(C(F)(F)F)c1. The van der Waals surface area contributed by atoms with E-state index in [1.807, 2.05) is 0 Å². The minimum atomic E-state index is -4.33. The van der Waals surface area contributed by atoms with Crippen molar-refractivity contribution in [1.29, 1.82) is 0 Å². The number of halogens is 4. The van der Waals surface area contributed by atoms with Crippen molar-refractivity contribution >= 4 is 17.3 Å². The molecule has 0 saturated heterocycles. The van der Waals surface area contributed by atoms with Crippen molar-refractivity contribution in [2.45, 2.75) is 19.6 Å². The van der Waals surface area contributed by atoms with E-state index in [1.165, 1.54) is 6.07 Å². The maximum absolute atomic E-state index is 12.6. The third-order valence-corrected chi connectivity index (χ3v) is 3.00. The van der Waals surface area contributed by atoms with Gasteiger partial charge in [0.2, 0.25) is 0 Å². The fourth-order valence-corrected chi connectivity index (χ4v) is 1.96. The van der Waals surface area contributed by atoms with Crippen molar-refractivity contribution in [2.24, 2.45) is 0 Å². The van der Waals surface area contributed by atoms with Gasteiger partial charge in [0.25, 0.3) is 0 Å². The number of pyridine rings is 1. The average Bonchev–Trinajstić information content (AvgIpc) is 2.37. The normalized spacial score (nSPS) is 11.4. The van der Waals surface area contributed by atoms with Crippen LogP contribution in [0.25, 0.3) is 0 Å². The minimum Gasteiger partial charge on any atom is -0.380 e. The van der Waals surface area contributed by atoms with E-state index >= 15 is 0 Å². The number of aryl methyl sites for hydroxylation is 1. The molecule has 0 bridgehead atoms. The van der Waals surface area contributed by atoms with E-state index in [0.717, 1.165) is 17.8 Å². The molecule has 2 nitrogen and oxygen atoms in total. The number of rotatable bonds is 3. The van der Waals surface area contributed by atoms with Crippen LogP contribution in [-0.4, -0.2) is 4.98 Å². The van der Waals surface area contributed by atoms with Crippen LogP contribution in [0.1, 0.15) is 16.8 Å². The first-order chi connectivity index (χ1) is 9.36. The zero-order valence-corrected chi connectivity index (χ0v) is 11.4. The highest BCUT2D eigenvalue weighted by molar-refractivity contribution is 6.29. The van der Waals surface area contributed by atoms with Crippen molar-refractivity contribution in [2.75, 3.05) is 5.32 Å². The summed E-state index contributed by atoms with van der Waals surface area (Å²) in [5.74, 6) is 0. The smallest absolute Gasteiger partial charge is 0.380 e. The largest absolute Gasteiger partial charge is 0.416 e. The molecule has 106 valence electrons.